The minimum atomic E-state index is -0.332. The smallest absolute Gasteiger partial charge is 0.260 e. The Morgan fingerprint density at radius 2 is 2.00 bits per heavy atom. The van der Waals surface area contributed by atoms with E-state index in [1.807, 2.05) is 47.8 Å². The van der Waals surface area contributed by atoms with Gasteiger partial charge in [0.15, 0.2) is 0 Å². The molecule has 1 N–H and O–H groups in total. The van der Waals surface area contributed by atoms with E-state index in [0.29, 0.717) is 5.56 Å². The van der Waals surface area contributed by atoms with E-state index in [1.54, 1.807) is 12.3 Å². The third-order valence-corrected chi connectivity index (χ3v) is 4.68. The van der Waals surface area contributed by atoms with Crippen LogP contribution in [-0.4, -0.2) is 24.6 Å². The van der Waals surface area contributed by atoms with Gasteiger partial charge in [-0.1, -0.05) is 30.3 Å². The van der Waals surface area contributed by atoms with Gasteiger partial charge in [-0.25, -0.2) is 5.43 Å². The van der Waals surface area contributed by atoms with Gasteiger partial charge < -0.3 is 0 Å². The molecule has 2 amide bonds. The Hall–Kier alpha value is -2.99. The van der Waals surface area contributed by atoms with Crippen LogP contribution in [-0.2, 0) is 4.79 Å². The number of anilines is 1. The van der Waals surface area contributed by atoms with Gasteiger partial charge in [-0.3, -0.25) is 14.5 Å². The number of hydrazone groups is 1. The minimum absolute atomic E-state index is 0.0611. The largest absolute Gasteiger partial charge is 0.298 e. The molecule has 1 aliphatic heterocycles. The molecule has 0 unspecified atom stereocenters. The van der Waals surface area contributed by atoms with Gasteiger partial charge in [0, 0.05) is 15.8 Å². The summed E-state index contributed by atoms with van der Waals surface area (Å²) in [6.45, 7) is -0.0611. The van der Waals surface area contributed by atoms with Crippen LogP contribution in [0.3, 0.4) is 0 Å². The van der Waals surface area contributed by atoms with Gasteiger partial charge in [-0.05, 0) is 29.0 Å². The van der Waals surface area contributed by atoms with Crippen LogP contribution in [0.1, 0.15) is 15.2 Å². The minimum Gasteiger partial charge on any atom is -0.298 e. The molecule has 1 aromatic heterocycles. The molecule has 0 fully saturated rings. The topological polar surface area (TPSA) is 61.8 Å². The van der Waals surface area contributed by atoms with Crippen molar-refractivity contribution in [1.82, 2.24) is 5.43 Å². The second-order valence-corrected chi connectivity index (χ2v) is 6.36. The molecular weight excluding hydrogens is 322 g/mol. The lowest BCUT2D eigenvalue weighted by Crippen LogP contribution is -2.37. The van der Waals surface area contributed by atoms with Crippen molar-refractivity contribution >= 4 is 45.8 Å². The van der Waals surface area contributed by atoms with Gasteiger partial charge in [0.1, 0.15) is 6.54 Å². The van der Waals surface area contributed by atoms with E-state index in [0.717, 1.165) is 21.3 Å². The van der Waals surface area contributed by atoms with E-state index in [1.165, 1.54) is 16.2 Å². The third-order valence-electron chi connectivity index (χ3n) is 3.88. The third kappa shape index (κ3) is 2.47. The summed E-state index contributed by atoms with van der Waals surface area (Å²) in [5.74, 6) is -0.486. The van der Waals surface area contributed by atoms with Crippen LogP contribution < -0.4 is 10.3 Å². The first-order valence-corrected chi connectivity index (χ1v) is 8.31. The summed E-state index contributed by atoms with van der Waals surface area (Å²) in [5.41, 5.74) is 3.88. The van der Waals surface area contributed by atoms with E-state index in [4.69, 9.17) is 0 Å². The summed E-state index contributed by atoms with van der Waals surface area (Å²) in [6.07, 6.45) is 1.59. The number of hydrogen-bond acceptors (Lipinski definition) is 4. The van der Waals surface area contributed by atoms with Crippen LogP contribution in [0.25, 0.3) is 10.8 Å². The Balaban J connectivity index is 1.53. The van der Waals surface area contributed by atoms with Gasteiger partial charge >= 0.3 is 0 Å². The van der Waals surface area contributed by atoms with E-state index in [2.05, 4.69) is 10.5 Å². The quantitative estimate of drug-likeness (QED) is 0.588. The fourth-order valence-electron chi connectivity index (χ4n) is 2.85. The molecule has 1 aliphatic rings. The average Bonchev–Trinajstić information content (AvgIpc) is 3.19. The second-order valence-electron chi connectivity index (χ2n) is 5.38. The van der Waals surface area contributed by atoms with Gasteiger partial charge in [0.25, 0.3) is 11.8 Å². The van der Waals surface area contributed by atoms with Crippen LogP contribution in [0, 0.1) is 0 Å². The highest BCUT2D eigenvalue weighted by atomic mass is 32.1. The normalized spacial score (nSPS) is 13.2. The Morgan fingerprint density at radius 3 is 2.79 bits per heavy atom. The molecule has 24 heavy (non-hydrogen) atoms. The number of carbonyl (C=O) groups is 2. The maximum atomic E-state index is 12.6. The Kier molecular flexibility index (Phi) is 3.59. The van der Waals surface area contributed by atoms with E-state index < -0.39 is 0 Å². The molecule has 4 rings (SSSR count). The summed E-state index contributed by atoms with van der Waals surface area (Å²) < 4.78 is 0. The van der Waals surface area contributed by atoms with Gasteiger partial charge in [-0.2, -0.15) is 5.10 Å². The Morgan fingerprint density at radius 1 is 1.17 bits per heavy atom. The molecule has 3 aromatic rings. The summed E-state index contributed by atoms with van der Waals surface area (Å²) in [4.78, 5) is 27.2. The number of hydrogen-bond donors (Lipinski definition) is 1. The van der Waals surface area contributed by atoms with Gasteiger partial charge in [0.2, 0.25) is 0 Å². The summed E-state index contributed by atoms with van der Waals surface area (Å²) in [7, 11) is 0. The highest BCUT2D eigenvalue weighted by Crippen LogP contribution is 2.36. The molecule has 2 heterocycles. The number of nitrogens with one attached hydrogen (secondary N) is 1. The molecular formula is C18H13N3O2S. The molecule has 0 radical (unpaired) electrons. The number of benzene rings is 2. The Bertz CT molecular complexity index is 958. The maximum absolute atomic E-state index is 12.6. The van der Waals surface area contributed by atoms with E-state index >= 15 is 0 Å². The van der Waals surface area contributed by atoms with E-state index in [-0.39, 0.29) is 18.4 Å². The van der Waals surface area contributed by atoms with Gasteiger partial charge in [0.05, 0.1) is 11.9 Å². The van der Waals surface area contributed by atoms with Crippen molar-refractivity contribution in [1.29, 1.82) is 0 Å². The molecule has 5 nitrogen and oxygen atoms in total. The molecule has 0 atom stereocenters. The lowest BCUT2D eigenvalue weighted by molar-refractivity contribution is -0.119. The van der Waals surface area contributed by atoms with Crippen molar-refractivity contribution in [2.45, 2.75) is 0 Å². The van der Waals surface area contributed by atoms with Crippen molar-refractivity contribution in [2.75, 3.05) is 11.4 Å². The SMILES string of the molecule is O=C(CN1C(=O)c2cccc3cccc1c23)N/N=C/c1cccs1. The molecule has 2 aromatic carbocycles. The molecule has 118 valence electrons. The van der Waals surface area contributed by atoms with Crippen molar-refractivity contribution in [2.24, 2.45) is 5.10 Å². The molecule has 6 heteroatoms. The van der Waals surface area contributed by atoms with Crippen LogP contribution in [0.15, 0.2) is 59.0 Å². The Labute approximate surface area is 142 Å². The fraction of sp³-hybridized carbons (Fsp3) is 0.0556. The van der Waals surface area contributed by atoms with Crippen LogP contribution in [0.4, 0.5) is 5.69 Å². The second kappa shape index (κ2) is 5.90. The number of thiophene rings is 1. The van der Waals surface area contributed by atoms with E-state index in [9.17, 15) is 9.59 Å². The zero-order valence-corrected chi connectivity index (χ0v) is 13.4. The highest BCUT2D eigenvalue weighted by Gasteiger charge is 2.30. The standard InChI is InChI=1S/C18H13N3O2S/c22-16(20-19-10-13-6-3-9-24-13)11-21-15-8-2-5-12-4-1-7-14(17(12)15)18(21)23/h1-10H,11H2,(H,20,22)/b19-10+. The number of amides is 2. The van der Waals surface area contributed by atoms with Crippen LogP contribution in [0.5, 0.6) is 0 Å². The van der Waals surface area contributed by atoms with Crippen molar-refractivity contribution < 1.29 is 9.59 Å². The molecule has 0 spiro atoms. The van der Waals surface area contributed by atoms with Crippen molar-refractivity contribution in [3.63, 3.8) is 0 Å². The van der Waals surface area contributed by atoms with Crippen molar-refractivity contribution in [3.05, 3.63) is 64.4 Å². The summed E-state index contributed by atoms with van der Waals surface area (Å²) in [5, 5.41) is 7.76. The molecule has 0 saturated heterocycles. The zero-order valence-electron chi connectivity index (χ0n) is 12.6. The average molecular weight is 335 g/mol. The van der Waals surface area contributed by atoms with Crippen LogP contribution in [0.2, 0.25) is 0 Å². The maximum Gasteiger partial charge on any atom is 0.260 e. The monoisotopic (exact) mass is 335 g/mol. The highest BCUT2D eigenvalue weighted by molar-refractivity contribution is 7.11. The number of rotatable bonds is 4. The van der Waals surface area contributed by atoms with Crippen LogP contribution >= 0.6 is 11.3 Å². The fourth-order valence-corrected chi connectivity index (χ4v) is 3.43. The number of carbonyl (C=O) groups excluding carboxylic acids is 2. The lowest BCUT2D eigenvalue weighted by Gasteiger charge is -2.16. The first-order chi connectivity index (χ1) is 11.7. The predicted octanol–water partition coefficient (Wildman–Crippen LogP) is 3.01. The molecule has 0 saturated carbocycles. The summed E-state index contributed by atoms with van der Waals surface area (Å²) in [6, 6.07) is 15.1. The number of nitrogens with zero attached hydrogens (tertiary/aromatic N) is 2. The predicted molar refractivity (Wildman–Crippen MR) is 95.7 cm³/mol. The zero-order chi connectivity index (χ0) is 16.5. The van der Waals surface area contributed by atoms with Gasteiger partial charge in [-0.15, -0.1) is 11.3 Å². The first kappa shape index (κ1) is 14.6. The summed E-state index contributed by atoms with van der Waals surface area (Å²) >= 11 is 1.53. The molecule has 0 aliphatic carbocycles. The van der Waals surface area contributed by atoms with Crippen molar-refractivity contribution in [3.8, 4) is 0 Å². The lowest BCUT2D eigenvalue weighted by atomic mass is 10.1. The first-order valence-electron chi connectivity index (χ1n) is 7.43. The molecule has 0 bridgehead atoms.